The van der Waals surface area contributed by atoms with Crippen molar-refractivity contribution in [3.63, 3.8) is 0 Å². The fourth-order valence-corrected chi connectivity index (χ4v) is 4.04. The normalized spacial score (nSPS) is 17.9. The number of fused-ring (bicyclic) bond motifs is 1. The van der Waals surface area contributed by atoms with Crippen molar-refractivity contribution in [2.75, 3.05) is 0 Å². The Balaban J connectivity index is 2.07. The van der Waals surface area contributed by atoms with Gasteiger partial charge >= 0.3 is 0 Å². The lowest BCUT2D eigenvalue weighted by atomic mass is 9.79. The predicted molar refractivity (Wildman–Crippen MR) is 89.8 cm³/mol. The van der Waals surface area contributed by atoms with E-state index in [0.29, 0.717) is 5.92 Å². The summed E-state index contributed by atoms with van der Waals surface area (Å²) in [6.45, 7) is 2.19. The van der Waals surface area contributed by atoms with Crippen LogP contribution in [0.1, 0.15) is 47.9 Å². The first-order valence-electron chi connectivity index (χ1n) is 7.26. The molecule has 0 aliphatic heterocycles. The van der Waals surface area contributed by atoms with Gasteiger partial charge in [0.25, 0.3) is 0 Å². The number of hydrogen-bond donors (Lipinski definition) is 0. The molecule has 0 amide bonds. The van der Waals surface area contributed by atoms with Gasteiger partial charge in [0, 0.05) is 15.4 Å². The third-order valence-corrected chi connectivity index (χ3v) is 5.38. The summed E-state index contributed by atoms with van der Waals surface area (Å²) in [5, 5.41) is 0.910. The first-order chi connectivity index (χ1) is 9.70. The van der Waals surface area contributed by atoms with Crippen LogP contribution in [-0.4, -0.2) is 0 Å². The molecule has 0 aromatic heterocycles. The van der Waals surface area contributed by atoms with E-state index in [1.807, 2.05) is 6.07 Å². The molecule has 2 aromatic carbocycles. The second kappa shape index (κ2) is 5.91. The molecule has 0 nitrogen and oxygen atoms in total. The van der Waals surface area contributed by atoms with Crippen molar-refractivity contribution in [2.45, 2.75) is 38.5 Å². The van der Waals surface area contributed by atoms with E-state index >= 15 is 0 Å². The minimum atomic E-state index is 0.439. The molecule has 0 saturated heterocycles. The monoisotopic (exact) mass is 348 g/mol. The summed E-state index contributed by atoms with van der Waals surface area (Å²) in [5.41, 5.74) is 5.51. The van der Waals surface area contributed by atoms with Crippen LogP contribution in [0.15, 0.2) is 40.9 Å². The summed E-state index contributed by atoms with van der Waals surface area (Å²) in [7, 11) is 0. The van der Waals surface area contributed by atoms with Crippen molar-refractivity contribution in [3.05, 3.63) is 68.1 Å². The molecule has 3 rings (SSSR count). The molecular formula is C18H18BrCl. The van der Waals surface area contributed by atoms with Gasteiger partial charge in [-0.3, -0.25) is 0 Å². The van der Waals surface area contributed by atoms with Crippen molar-refractivity contribution >= 4 is 27.5 Å². The van der Waals surface area contributed by atoms with Gasteiger partial charge in [0.15, 0.2) is 0 Å². The largest absolute Gasteiger partial charge is 0.0840 e. The van der Waals surface area contributed by atoms with E-state index in [-0.39, 0.29) is 0 Å². The van der Waals surface area contributed by atoms with Crippen LogP contribution in [0, 0.1) is 0 Å². The molecule has 1 unspecified atom stereocenters. The fraction of sp³-hybridized carbons (Fsp3) is 0.333. The Morgan fingerprint density at radius 1 is 1.15 bits per heavy atom. The number of aryl methyl sites for hydroxylation is 1. The molecule has 0 saturated carbocycles. The zero-order valence-corrected chi connectivity index (χ0v) is 14.0. The number of hydrogen-bond acceptors (Lipinski definition) is 0. The van der Waals surface area contributed by atoms with E-state index in [9.17, 15) is 0 Å². The Bertz CT molecular complexity index is 616. The third-order valence-electron chi connectivity index (χ3n) is 4.31. The van der Waals surface area contributed by atoms with Crippen molar-refractivity contribution in [3.8, 4) is 0 Å². The van der Waals surface area contributed by atoms with Gasteiger partial charge in [-0.1, -0.05) is 58.7 Å². The van der Waals surface area contributed by atoms with Crippen LogP contribution in [0.25, 0.3) is 0 Å². The molecule has 1 aliphatic rings. The van der Waals surface area contributed by atoms with Crippen LogP contribution in [0.2, 0.25) is 5.02 Å². The Kier molecular flexibility index (Phi) is 4.18. The lowest BCUT2D eigenvalue weighted by molar-refractivity contribution is 0.614. The van der Waals surface area contributed by atoms with E-state index < -0.39 is 0 Å². The molecule has 0 N–H and O–H groups in total. The lowest BCUT2D eigenvalue weighted by Crippen LogP contribution is -2.12. The SMILES string of the molecule is CCc1ccc(C2CCCc3c(Br)ccc(Cl)c32)cc1. The van der Waals surface area contributed by atoms with Gasteiger partial charge in [-0.05, 0) is 60.1 Å². The molecule has 0 heterocycles. The smallest absolute Gasteiger partial charge is 0.0447 e. The second-order valence-electron chi connectivity index (χ2n) is 5.46. The van der Waals surface area contributed by atoms with E-state index in [4.69, 9.17) is 11.6 Å². The van der Waals surface area contributed by atoms with E-state index in [2.05, 4.69) is 53.2 Å². The van der Waals surface area contributed by atoms with Gasteiger partial charge in [0.1, 0.15) is 0 Å². The summed E-state index contributed by atoms with van der Waals surface area (Å²) in [4.78, 5) is 0. The number of rotatable bonds is 2. The van der Waals surface area contributed by atoms with Gasteiger partial charge in [0.2, 0.25) is 0 Å². The highest BCUT2D eigenvalue weighted by atomic mass is 79.9. The maximum atomic E-state index is 6.50. The minimum absolute atomic E-state index is 0.439. The first-order valence-corrected chi connectivity index (χ1v) is 8.43. The van der Waals surface area contributed by atoms with Gasteiger partial charge in [-0.2, -0.15) is 0 Å². The van der Waals surface area contributed by atoms with Crippen LogP contribution in [0.5, 0.6) is 0 Å². The van der Waals surface area contributed by atoms with Crippen molar-refractivity contribution in [2.24, 2.45) is 0 Å². The summed E-state index contributed by atoms with van der Waals surface area (Å²) < 4.78 is 1.20. The average Bonchev–Trinajstić information content (AvgIpc) is 2.51. The standard InChI is InChI=1S/C18H18BrCl/c1-2-12-6-8-13(9-7-12)14-4-3-5-15-16(19)10-11-17(20)18(14)15/h6-11,14H,2-5H2,1H3. The highest BCUT2D eigenvalue weighted by Gasteiger charge is 2.25. The summed E-state index contributed by atoms with van der Waals surface area (Å²) in [6, 6.07) is 13.1. The molecule has 1 aliphatic carbocycles. The number of halogens is 2. The fourth-order valence-electron chi connectivity index (χ4n) is 3.19. The van der Waals surface area contributed by atoms with Crippen LogP contribution < -0.4 is 0 Å². The van der Waals surface area contributed by atoms with E-state index in [1.165, 1.54) is 39.6 Å². The van der Waals surface area contributed by atoms with Crippen LogP contribution in [-0.2, 0) is 12.8 Å². The van der Waals surface area contributed by atoms with E-state index in [1.54, 1.807) is 0 Å². The van der Waals surface area contributed by atoms with Crippen LogP contribution in [0.4, 0.5) is 0 Å². The molecule has 0 bridgehead atoms. The van der Waals surface area contributed by atoms with E-state index in [0.717, 1.165) is 17.9 Å². The van der Waals surface area contributed by atoms with Gasteiger partial charge in [-0.25, -0.2) is 0 Å². The third kappa shape index (κ3) is 2.54. The Labute approximate surface area is 134 Å². The lowest BCUT2D eigenvalue weighted by Gasteiger charge is -2.28. The molecule has 0 spiro atoms. The molecule has 0 fully saturated rings. The zero-order chi connectivity index (χ0) is 14.1. The molecular weight excluding hydrogens is 332 g/mol. The average molecular weight is 350 g/mol. The quantitative estimate of drug-likeness (QED) is 0.611. The molecule has 1 atom stereocenters. The van der Waals surface area contributed by atoms with Gasteiger partial charge in [0.05, 0.1) is 0 Å². The maximum Gasteiger partial charge on any atom is 0.0447 e. The Morgan fingerprint density at radius 3 is 2.60 bits per heavy atom. The summed E-state index contributed by atoms with van der Waals surface area (Å²) in [5.74, 6) is 0.439. The van der Waals surface area contributed by atoms with Crippen molar-refractivity contribution in [1.82, 2.24) is 0 Å². The highest BCUT2D eigenvalue weighted by molar-refractivity contribution is 9.10. The highest BCUT2D eigenvalue weighted by Crippen LogP contribution is 2.43. The predicted octanol–water partition coefficient (Wildman–Crippen LogP) is 6.13. The van der Waals surface area contributed by atoms with Gasteiger partial charge < -0.3 is 0 Å². The number of benzene rings is 2. The zero-order valence-electron chi connectivity index (χ0n) is 11.6. The molecule has 2 heteroatoms. The Morgan fingerprint density at radius 2 is 1.90 bits per heavy atom. The van der Waals surface area contributed by atoms with Gasteiger partial charge in [-0.15, -0.1) is 0 Å². The van der Waals surface area contributed by atoms with Crippen molar-refractivity contribution < 1.29 is 0 Å². The molecule has 2 aromatic rings. The first kappa shape index (κ1) is 14.2. The summed E-state index contributed by atoms with van der Waals surface area (Å²) >= 11 is 10.2. The second-order valence-corrected chi connectivity index (χ2v) is 6.72. The van der Waals surface area contributed by atoms with Crippen LogP contribution >= 0.6 is 27.5 Å². The Hall–Kier alpha value is -0.790. The topological polar surface area (TPSA) is 0 Å². The minimum Gasteiger partial charge on any atom is -0.0840 e. The van der Waals surface area contributed by atoms with Crippen LogP contribution in [0.3, 0.4) is 0 Å². The maximum absolute atomic E-state index is 6.50. The molecule has 0 radical (unpaired) electrons. The summed E-state index contributed by atoms with van der Waals surface area (Å²) in [6.07, 6.45) is 4.63. The van der Waals surface area contributed by atoms with Crippen molar-refractivity contribution in [1.29, 1.82) is 0 Å². The molecule has 20 heavy (non-hydrogen) atoms. The molecule has 104 valence electrons.